The minimum atomic E-state index is -3.41. The van der Waals surface area contributed by atoms with Crippen LogP contribution in [0.1, 0.15) is 12.8 Å². The average molecular weight is 296 g/mol. The van der Waals surface area contributed by atoms with Gasteiger partial charge in [0.05, 0.1) is 5.54 Å². The van der Waals surface area contributed by atoms with Gasteiger partial charge in [-0.3, -0.25) is 0 Å². The lowest BCUT2D eigenvalue weighted by Crippen LogP contribution is -2.69. The summed E-state index contributed by atoms with van der Waals surface area (Å²) in [7, 11) is -0.385. The highest BCUT2D eigenvalue weighted by Gasteiger charge is 2.50. The van der Waals surface area contributed by atoms with Crippen LogP contribution < -0.4 is 10.6 Å². The van der Waals surface area contributed by atoms with Crippen LogP contribution in [0.4, 0.5) is 5.82 Å². The Kier molecular flexibility index (Phi) is 3.04. The van der Waals surface area contributed by atoms with E-state index in [4.69, 9.17) is 5.73 Å². The van der Waals surface area contributed by atoms with Gasteiger partial charge in [-0.25, -0.2) is 17.7 Å². The monoisotopic (exact) mass is 296 g/mol. The van der Waals surface area contributed by atoms with Gasteiger partial charge in [0.1, 0.15) is 10.7 Å². The Labute approximate surface area is 119 Å². The van der Waals surface area contributed by atoms with Crippen LogP contribution in [0.3, 0.4) is 0 Å². The molecule has 2 aliphatic rings. The molecule has 1 aromatic rings. The van der Waals surface area contributed by atoms with Crippen LogP contribution in [0, 0.1) is 5.92 Å². The first-order chi connectivity index (χ1) is 9.33. The summed E-state index contributed by atoms with van der Waals surface area (Å²) in [5.74, 6) is 1.46. The Hall–Kier alpha value is -1.18. The summed E-state index contributed by atoms with van der Waals surface area (Å²) in [4.78, 5) is 6.58. The number of anilines is 1. The average Bonchev–Trinajstić information content (AvgIpc) is 3.19. The van der Waals surface area contributed by atoms with Gasteiger partial charge in [0.15, 0.2) is 0 Å². The van der Waals surface area contributed by atoms with E-state index in [1.807, 2.05) is 0 Å². The number of pyridine rings is 1. The molecule has 1 aromatic heterocycles. The molecule has 2 fully saturated rings. The molecule has 20 heavy (non-hydrogen) atoms. The normalized spacial score (nSPS) is 21.9. The fraction of sp³-hybridized carbons (Fsp3) is 0.615. The van der Waals surface area contributed by atoms with E-state index in [9.17, 15) is 8.42 Å². The smallest absolute Gasteiger partial charge is 0.244 e. The van der Waals surface area contributed by atoms with Crippen molar-refractivity contribution >= 4 is 15.8 Å². The Bertz CT molecular complexity index is 602. The minimum absolute atomic E-state index is 0.0595. The first-order valence-corrected chi connectivity index (χ1v) is 8.19. The van der Waals surface area contributed by atoms with Gasteiger partial charge < -0.3 is 10.6 Å². The number of nitrogens with two attached hydrogens (primary N) is 1. The van der Waals surface area contributed by atoms with Crippen LogP contribution in [0.15, 0.2) is 23.2 Å². The fourth-order valence-electron chi connectivity index (χ4n) is 2.67. The molecule has 0 atom stereocenters. The second kappa shape index (κ2) is 4.41. The third-order valence-corrected chi connectivity index (χ3v) is 5.98. The molecular weight excluding hydrogens is 276 g/mol. The lowest BCUT2D eigenvalue weighted by atomic mass is 9.86. The van der Waals surface area contributed by atoms with E-state index in [0.717, 1.165) is 18.9 Å². The van der Waals surface area contributed by atoms with E-state index in [-0.39, 0.29) is 10.4 Å². The Morgan fingerprint density at radius 1 is 1.35 bits per heavy atom. The van der Waals surface area contributed by atoms with E-state index < -0.39 is 10.0 Å². The predicted octanol–water partition coefficient (Wildman–Crippen LogP) is 0.259. The van der Waals surface area contributed by atoms with Gasteiger partial charge in [-0.2, -0.15) is 0 Å². The first kappa shape index (κ1) is 13.8. The maximum atomic E-state index is 11.9. The Balaban J connectivity index is 1.72. The van der Waals surface area contributed by atoms with Crippen LogP contribution in [0.5, 0.6) is 0 Å². The van der Waals surface area contributed by atoms with Gasteiger partial charge in [-0.15, -0.1) is 0 Å². The van der Waals surface area contributed by atoms with Crippen molar-refractivity contribution in [3.05, 3.63) is 18.3 Å². The van der Waals surface area contributed by atoms with E-state index in [1.165, 1.54) is 37.4 Å². The molecule has 7 heteroatoms. The van der Waals surface area contributed by atoms with Gasteiger partial charge in [-0.05, 0) is 30.9 Å². The number of sulfonamides is 1. The molecule has 3 rings (SSSR count). The van der Waals surface area contributed by atoms with Crippen molar-refractivity contribution < 1.29 is 8.42 Å². The van der Waals surface area contributed by atoms with E-state index in [1.54, 1.807) is 12.1 Å². The van der Waals surface area contributed by atoms with E-state index in [0.29, 0.717) is 5.92 Å². The van der Waals surface area contributed by atoms with Crippen molar-refractivity contribution in [2.24, 2.45) is 11.7 Å². The van der Waals surface area contributed by atoms with Crippen LogP contribution in [0.2, 0.25) is 0 Å². The third-order valence-electron chi connectivity index (χ3n) is 4.18. The van der Waals surface area contributed by atoms with Gasteiger partial charge >= 0.3 is 0 Å². The SMILES string of the molecule is CN(C)S(=O)(=O)c1ccc(N2CC(N)(C3CC3)C2)nc1. The highest BCUT2D eigenvalue weighted by Crippen LogP contribution is 2.43. The molecule has 0 aromatic carbocycles. The van der Waals surface area contributed by atoms with Crippen LogP contribution in [-0.2, 0) is 10.0 Å². The first-order valence-electron chi connectivity index (χ1n) is 6.75. The molecule has 0 unspecified atom stereocenters. The molecule has 2 N–H and O–H groups in total. The molecule has 110 valence electrons. The van der Waals surface area contributed by atoms with Crippen molar-refractivity contribution in [1.29, 1.82) is 0 Å². The molecule has 1 saturated heterocycles. The summed E-state index contributed by atoms with van der Waals surface area (Å²) in [6.07, 6.45) is 3.88. The highest BCUT2D eigenvalue weighted by molar-refractivity contribution is 7.89. The second-order valence-corrected chi connectivity index (χ2v) is 8.15. The molecule has 0 amide bonds. The maximum absolute atomic E-state index is 11.9. The topological polar surface area (TPSA) is 79.5 Å². The van der Waals surface area contributed by atoms with Crippen molar-refractivity contribution in [3.8, 4) is 0 Å². The summed E-state index contributed by atoms with van der Waals surface area (Å²) in [5, 5.41) is 0. The molecule has 1 aliphatic heterocycles. The Morgan fingerprint density at radius 3 is 2.45 bits per heavy atom. The van der Waals surface area contributed by atoms with Gasteiger partial charge in [-0.1, -0.05) is 0 Å². The summed E-state index contributed by atoms with van der Waals surface area (Å²) in [5.41, 5.74) is 6.24. The largest absolute Gasteiger partial charge is 0.353 e. The second-order valence-electron chi connectivity index (χ2n) is 6.00. The van der Waals surface area contributed by atoms with Crippen molar-refractivity contribution in [3.63, 3.8) is 0 Å². The zero-order valence-corrected chi connectivity index (χ0v) is 12.6. The number of aromatic nitrogens is 1. The van der Waals surface area contributed by atoms with Crippen molar-refractivity contribution in [2.75, 3.05) is 32.1 Å². The van der Waals surface area contributed by atoms with E-state index in [2.05, 4.69) is 9.88 Å². The Morgan fingerprint density at radius 2 is 2.00 bits per heavy atom. The van der Waals surface area contributed by atoms with Gasteiger partial charge in [0.2, 0.25) is 10.0 Å². The lowest BCUT2D eigenvalue weighted by Gasteiger charge is -2.49. The predicted molar refractivity (Wildman–Crippen MR) is 77.0 cm³/mol. The highest BCUT2D eigenvalue weighted by atomic mass is 32.2. The lowest BCUT2D eigenvalue weighted by molar-refractivity contribution is 0.289. The quantitative estimate of drug-likeness (QED) is 0.862. The van der Waals surface area contributed by atoms with Crippen LogP contribution in [0.25, 0.3) is 0 Å². The number of rotatable bonds is 4. The molecule has 0 radical (unpaired) electrons. The maximum Gasteiger partial charge on any atom is 0.244 e. The zero-order valence-electron chi connectivity index (χ0n) is 11.8. The van der Waals surface area contributed by atoms with Crippen LogP contribution >= 0.6 is 0 Å². The standard InChI is InChI=1S/C13H20N4O2S/c1-16(2)20(18,19)11-5-6-12(15-7-11)17-8-13(14,9-17)10-3-4-10/h5-7,10H,3-4,8-9,14H2,1-2H3. The molecule has 0 spiro atoms. The zero-order chi connectivity index (χ0) is 14.5. The van der Waals surface area contributed by atoms with Crippen molar-refractivity contribution in [2.45, 2.75) is 23.3 Å². The molecule has 1 saturated carbocycles. The van der Waals surface area contributed by atoms with Gasteiger partial charge in [0, 0.05) is 33.4 Å². The van der Waals surface area contributed by atoms with Crippen molar-refractivity contribution in [1.82, 2.24) is 9.29 Å². The number of nitrogens with zero attached hydrogens (tertiary/aromatic N) is 3. The molecular formula is C13H20N4O2S. The summed E-state index contributed by atoms with van der Waals surface area (Å²) < 4.78 is 25.1. The number of hydrogen-bond donors (Lipinski definition) is 1. The minimum Gasteiger partial charge on any atom is -0.353 e. The molecule has 2 heterocycles. The summed E-state index contributed by atoms with van der Waals surface area (Å²) in [6.45, 7) is 1.62. The van der Waals surface area contributed by atoms with Crippen LogP contribution in [-0.4, -0.2) is 50.4 Å². The fourth-order valence-corrected chi connectivity index (χ4v) is 3.51. The molecule has 1 aliphatic carbocycles. The van der Waals surface area contributed by atoms with Gasteiger partial charge in [0.25, 0.3) is 0 Å². The molecule has 6 nitrogen and oxygen atoms in total. The summed E-state index contributed by atoms with van der Waals surface area (Å²) in [6, 6.07) is 3.36. The third kappa shape index (κ3) is 2.19. The number of hydrogen-bond acceptors (Lipinski definition) is 5. The molecule has 0 bridgehead atoms. The van der Waals surface area contributed by atoms with E-state index >= 15 is 0 Å². The summed E-state index contributed by atoms with van der Waals surface area (Å²) >= 11 is 0.